The maximum Gasteiger partial charge on any atom is 0.265 e. The van der Waals surface area contributed by atoms with Gasteiger partial charge in [0.2, 0.25) is 0 Å². The molecule has 4 nitrogen and oxygen atoms in total. The number of aromatic nitrogens is 1. The van der Waals surface area contributed by atoms with E-state index in [1.165, 1.54) is 6.20 Å². The Labute approximate surface area is 83.6 Å². The molecule has 0 aliphatic rings. The predicted octanol–water partition coefficient (Wildman–Crippen LogP) is 1.63. The molecule has 0 unspecified atom stereocenters. The monoisotopic (exact) mass is 191 g/mol. The van der Waals surface area contributed by atoms with Gasteiger partial charge in [0.05, 0.1) is 5.56 Å². The second-order valence-corrected chi connectivity index (χ2v) is 2.32. The minimum atomic E-state index is -0.423. The van der Waals surface area contributed by atoms with Crippen LogP contribution in [-0.4, -0.2) is 10.9 Å². The number of carbonyl (C=O) groups excluding carboxylic acids is 1. The summed E-state index contributed by atoms with van der Waals surface area (Å²) < 4.78 is 0. The van der Waals surface area contributed by atoms with Crippen molar-refractivity contribution in [1.82, 2.24) is 10.3 Å². The van der Waals surface area contributed by atoms with E-state index >= 15 is 0 Å². The molecule has 1 aromatic rings. The molecule has 0 saturated carbocycles. The topological polar surface area (TPSA) is 65.8 Å². The van der Waals surface area contributed by atoms with Crippen LogP contribution in [0, 0.1) is 18.4 Å². The normalized spacial score (nSPS) is 7.86. The Hall–Kier alpha value is -1.89. The van der Waals surface area contributed by atoms with Crippen LogP contribution < -0.4 is 5.32 Å². The highest BCUT2D eigenvalue weighted by Crippen LogP contribution is 1.99. The van der Waals surface area contributed by atoms with Crippen LogP contribution in [0.4, 0.5) is 0 Å². The summed E-state index contributed by atoms with van der Waals surface area (Å²) in [6, 6.07) is 1.67. The van der Waals surface area contributed by atoms with Crippen LogP contribution in [-0.2, 0) is 0 Å². The SMILES string of the molecule is CC.Cc1cncc(C(=O)NC#N)c1. The first kappa shape index (κ1) is 12.1. The summed E-state index contributed by atoms with van der Waals surface area (Å²) >= 11 is 0. The molecule has 0 fully saturated rings. The average molecular weight is 191 g/mol. The van der Waals surface area contributed by atoms with Gasteiger partial charge < -0.3 is 0 Å². The van der Waals surface area contributed by atoms with Gasteiger partial charge in [0.15, 0.2) is 6.19 Å². The van der Waals surface area contributed by atoms with Gasteiger partial charge in [-0.2, -0.15) is 5.26 Å². The second-order valence-electron chi connectivity index (χ2n) is 2.32. The maximum absolute atomic E-state index is 11.0. The van der Waals surface area contributed by atoms with Crippen LogP contribution in [0.1, 0.15) is 29.8 Å². The number of nitrogens with zero attached hydrogens (tertiary/aromatic N) is 2. The summed E-state index contributed by atoms with van der Waals surface area (Å²) in [7, 11) is 0. The van der Waals surface area contributed by atoms with E-state index in [1.54, 1.807) is 18.5 Å². The highest BCUT2D eigenvalue weighted by Gasteiger charge is 2.03. The van der Waals surface area contributed by atoms with Gasteiger partial charge in [-0.05, 0) is 18.6 Å². The van der Waals surface area contributed by atoms with Crippen molar-refractivity contribution in [2.75, 3.05) is 0 Å². The average Bonchev–Trinajstić information content (AvgIpc) is 2.21. The Morgan fingerprint density at radius 1 is 1.50 bits per heavy atom. The zero-order chi connectivity index (χ0) is 11.0. The standard InChI is InChI=1S/C8H7N3O.C2H6/c1-6-2-7(4-10-3-6)8(12)11-5-9;1-2/h2-4H,1H3,(H,11,12);1-2H3. The van der Waals surface area contributed by atoms with Crippen molar-refractivity contribution < 1.29 is 4.79 Å². The molecule has 1 heterocycles. The fourth-order valence-electron chi connectivity index (χ4n) is 0.802. The van der Waals surface area contributed by atoms with Crippen molar-refractivity contribution in [2.45, 2.75) is 20.8 Å². The lowest BCUT2D eigenvalue weighted by molar-refractivity contribution is 0.0972. The number of amides is 1. The molecule has 0 saturated heterocycles. The number of nitriles is 1. The second kappa shape index (κ2) is 6.61. The van der Waals surface area contributed by atoms with Gasteiger partial charge in [-0.3, -0.25) is 15.1 Å². The first-order valence-corrected chi connectivity index (χ1v) is 4.35. The van der Waals surface area contributed by atoms with Gasteiger partial charge in [-0.1, -0.05) is 13.8 Å². The van der Waals surface area contributed by atoms with Crippen molar-refractivity contribution in [3.8, 4) is 6.19 Å². The van der Waals surface area contributed by atoms with Crippen LogP contribution in [0.3, 0.4) is 0 Å². The summed E-state index contributed by atoms with van der Waals surface area (Å²) in [4.78, 5) is 14.8. The van der Waals surface area contributed by atoms with E-state index in [1.807, 2.05) is 26.1 Å². The molecule has 0 aliphatic carbocycles. The molecular weight excluding hydrogens is 178 g/mol. The van der Waals surface area contributed by atoms with Crippen molar-refractivity contribution in [2.24, 2.45) is 0 Å². The summed E-state index contributed by atoms with van der Waals surface area (Å²) in [6.07, 6.45) is 4.62. The number of rotatable bonds is 1. The molecule has 0 spiro atoms. The summed E-state index contributed by atoms with van der Waals surface area (Å²) in [5.41, 5.74) is 1.29. The van der Waals surface area contributed by atoms with Gasteiger partial charge in [-0.15, -0.1) is 0 Å². The Morgan fingerprint density at radius 2 is 2.14 bits per heavy atom. The zero-order valence-electron chi connectivity index (χ0n) is 8.53. The summed E-state index contributed by atoms with van der Waals surface area (Å²) in [5, 5.41) is 10.2. The van der Waals surface area contributed by atoms with Crippen molar-refractivity contribution >= 4 is 5.91 Å². The molecule has 4 heteroatoms. The van der Waals surface area contributed by atoms with Gasteiger partial charge in [0, 0.05) is 12.4 Å². The van der Waals surface area contributed by atoms with Gasteiger partial charge >= 0.3 is 0 Å². The minimum Gasteiger partial charge on any atom is -0.268 e. The largest absolute Gasteiger partial charge is 0.268 e. The van der Waals surface area contributed by atoms with E-state index in [4.69, 9.17) is 5.26 Å². The molecule has 1 rings (SSSR count). The number of carbonyl (C=O) groups is 1. The Morgan fingerprint density at radius 3 is 2.64 bits per heavy atom. The van der Waals surface area contributed by atoms with Crippen LogP contribution in [0.15, 0.2) is 18.5 Å². The number of hydrogen-bond acceptors (Lipinski definition) is 3. The lowest BCUT2D eigenvalue weighted by Crippen LogP contribution is -2.17. The van der Waals surface area contributed by atoms with Crippen LogP contribution >= 0.6 is 0 Å². The third kappa shape index (κ3) is 3.68. The lowest BCUT2D eigenvalue weighted by atomic mass is 10.2. The van der Waals surface area contributed by atoms with E-state index in [-0.39, 0.29) is 0 Å². The lowest BCUT2D eigenvalue weighted by Gasteiger charge is -1.96. The highest BCUT2D eigenvalue weighted by molar-refractivity contribution is 5.94. The fraction of sp³-hybridized carbons (Fsp3) is 0.300. The fourth-order valence-corrected chi connectivity index (χ4v) is 0.802. The molecule has 0 aromatic carbocycles. The van der Waals surface area contributed by atoms with Gasteiger partial charge in [0.25, 0.3) is 5.91 Å². The molecule has 0 aliphatic heterocycles. The van der Waals surface area contributed by atoms with E-state index in [0.717, 1.165) is 5.56 Å². The molecule has 0 radical (unpaired) electrons. The molecule has 14 heavy (non-hydrogen) atoms. The van der Waals surface area contributed by atoms with Crippen molar-refractivity contribution in [1.29, 1.82) is 5.26 Å². The van der Waals surface area contributed by atoms with Gasteiger partial charge in [-0.25, -0.2) is 0 Å². The molecular formula is C10H13N3O. The third-order valence-electron chi connectivity index (χ3n) is 1.31. The quantitative estimate of drug-likeness (QED) is 0.542. The third-order valence-corrected chi connectivity index (χ3v) is 1.31. The first-order chi connectivity index (χ1) is 6.74. The van der Waals surface area contributed by atoms with E-state index in [0.29, 0.717) is 5.56 Å². The first-order valence-electron chi connectivity index (χ1n) is 4.35. The molecule has 1 N–H and O–H groups in total. The number of nitrogens with one attached hydrogen (secondary N) is 1. The van der Waals surface area contributed by atoms with Crippen LogP contribution in [0.2, 0.25) is 0 Å². The number of aryl methyl sites for hydroxylation is 1. The Kier molecular flexibility index (Phi) is 5.72. The maximum atomic E-state index is 11.0. The Bertz CT molecular complexity index is 341. The van der Waals surface area contributed by atoms with Crippen molar-refractivity contribution in [3.05, 3.63) is 29.6 Å². The summed E-state index contributed by atoms with van der Waals surface area (Å²) in [6.45, 7) is 5.83. The predicted molar refractivity (Wildman–Crippen MR) is 53.4 cm³/mol. The molecule has 0 atom stereocenters. The molecule has 0 bridgehead atoms. The molecule has 1 amide bonds. The van der Waals surface area contributed by atoms with Crippen LogP contribution in [0.25, 0.3) is 0 Å². The smallest absolute Gasteiger partial charge is 0.265 e. The number of hydrogen-bond donors (Lipinski definition) is 1. The van der Waals surface area contributed by atoms with Gasteiger partial charge in [0.1, 0.15) is 0 Å². The highest BCUT2D eigenvalue weighted by atomic mass is 16.1. The Balaban J connectivity index is 0.000000791. The zero-order valence-corrected chi connectivity index (χ0v) is 8.53. The minimum absolute atomic E-state index is 0.400. The van der Waals surface area contributed by atoms with Crippen LogP contribution in [0.5, 0.6) is 0 Å². The van der Waals surface area contributed by atoms with E-state index in [2.05, 4.69) is 4.98 Å². The summed E-state index contributed by atoms with van der Waals surface area (Å²) in [5.74, 6) is -0.423. The van der Waals surface area contributed by atoms with E-state index in [9.17, 15) is 4.79 Å². The van der Waals surface area contributed by atoms with E-state index < -0.39 is 5.91 Å². The number of pyridine rings is 1. The van der Waals surface area contributed by atoms with Crippen molar-refractivity contribution in [3.63, 3.8) is 0 Å². The molecule has 74 valence electrons. The molecule has 1 aromatic heterocycles.